The van der Waals surface area contributed by atoms with Gasteiger partial charge in [-0.3, -0.25) is 0 Å². The highest BCUT2D eigenvalue weighted by atomic mass is 16.6. The maximum Gasteiger partial charge on any atom is 0.126 e. The molecular weight excluding hydrogens is 713 g/mol. The highest BCUT2D eigenvalue weighted by Crippen LogP contribution is 2.50. The molecule has 2 saturated heterocycles. The third kappa shape index (κ3) is 14.8. The predicted octanol–water partition coefficient (Wildman–Crippen LogP) is 14.7. The van der Waals surface area contributed by atoms with Crippen molar-refractivity contribution in [2.75, 3.05) is 26.4 Å². The minimum Gasteiger partial charge on any atom is -0.493 e. The van der Waals surface area contributed by atoms with Gasteiger partial charge in [0.05, 0.1) is 38.6 Å². The van der Waals surface area contributed by atoms with Crippen molar-refractivity contribution >= 4 is 0 Å². The van der Waals surface area contributed by atoms with Gasteiger partial charge in [0, 0.05) is 35.1 Å². The van der Waals surface area contributed by atoms with Crippen molar-refractivity contribution in [2.45, 2.75) is 224 Å². The zero-order valence-electron chi connectivity index (χ0n) is 41.6. The summed E-state index contributed by atoms with van der Waals surface area (Å²) in [6.07, 6.45) is 8.76. The second-order valence-corrected chi connectivity index (χ2v) is 26.2. The van der Waals surface area contributed by atoms with E-state index in [1.807, 2.05) is 0 Å². The van der Waals surface area contributed by atoms with Crippen LogP contribution >= 0.6 is 0 Å². The number of ether oxygens (including phenoxy) is 4. The highest BCUT2D eigenvalue weighted by molar-refractivity contribution is 5.54. The van der Waals surface area contributed by atoms with Crippen LogP contribution in [0.25, 0.3) is 0 Å². The van der Waals surface area contributed by atoms with Crippen LogP contribution in [0.1, 0.15) is 210 Å². The van der Waals surface area contributed by atoms with Gasteiger partial charge in [0.25, 0.3) is 0 Å². The largest absolute Gasteiger partial charge is 0.493 e. The number of epoxide rings is 2. The van der Waals surface area contributed by atoms with Gasteiger partial charge in [0.1, 0.15) is 11.5 Å². The molecule has 0 aliphatic carbocycles. The molecule has 4 rings (SSSR count). The maximum atomic E-state index is 6.99. The summed E-state index contributed by atoms with van der Waals surface area (Å²) in [5, 5.41) is 0. The lowest BCUT2D eigenvalue weighted by Crippen LogP contribution is -2.30. The van der Waals surface area contributed by atoms with Crippen LogP contribution in [0.4, 0.5) is 0 Å². The Morgan fingerprint density at radius 1 is 0.414 bits per heavy atom. The van der Waals surface area contributed by atoms with Gasteiger partial charge in [-0.1, -0.05) is 163 Å². The van der Waals surface area contributed by atoms with E-state index in [1.165, 1.54) is 33.4 Å². The second kappa shape index (κ2) is 17.4. The molecule has 2 aliphatic rings. The summed E-state index contributed by atoms with van der Waals surface area (Å²) < 4.78 is 25.2. The van der Waals surface area contributed by atoms with Crippen LogP contribution in [0, 0.1) is 21.7 Å². The first-order valence-corrected chi connectivity index (χ1v) is 23.0. The molecule has 0 N–H and O–H groups in total. The van der Waals surface area contributed by atoms with E-state index in [9.17, 15) is 0 Å². The van der Waals surface area contributed by atoms with Crippen molar-refractivity contribution < 1.29 is 18.9 Å². The summed E-state index contributed by atoms with van der Waals surface area (Å²) in [5.41, 5.74) is 8.60. The number of hydrogen-bond donors (Lipinski definition) is 0. The van der Waals surface area contributed by atoms with Crippen molar-refractivity contribution in [1.29, 1.82) is 0 Å². The topological polar surface area (TPSA) is 43.5 Å². The zero-order chi connectivity index (χ0) is 43.9. The third-order valence-electron chi connectivity index (χ3n) is 12.0. The molecule has 4 nitrogen and oxygen atoms in total. The molecule has 2 fully saturated rings. The van der Waals surface area contributed by atoms with Gasteiger partial charge in [-0.15, -0.1) is 0 Å². The van der Waals surface area contributed by atoms with Crippen molar-refractivity contribution in [1.82, 2.24) is 0 Å². The summed E-state index contributed by atoms with van der Waals surface area (Å²) in [6.45, 7) is 51.1. The van der Waals surface area contributed by atoms with Crippen LogP contribution in [0.3, 0.4) is 0 Å². The number of rotatable bonds is 19. The fraction of sp³-hybridized carbons (Fsp3) is 0.778. The number of benzene rings is 2. The first kappa shape index (κ1) is 48.6. The molecule has 330 valence electrons. The van der Waals surface area contributed by atoms with Crippen molar-refractivity contribution in [3.63, 3.8) is 0 Å². The molecule has 0 spiro atoms. The molecule has 4 heteroatoms. The van der Waals surface area contributed by atoms with Crippen LogP contribution < -0.4 is 9.47 Å². The second-order valence-electron chi connectivity index (χ2n) is 26.2. The molecule has 58 heavy (non-hydrogen) atoms. The molecule has 0 aromatic heterocycles. The lowest BCUT2D eigenvalue weighted by Gasteiger charge is -2.39. The predicted molar refractivity (Wildman–Crippen MR) is 248 cm³/mol. The van der Waals surface area contributed by atoms with Crippen LogP contribution in [0.15, 0.2) is 24.3 Å². The van der Waals surface area contributed by atoms with Crippen molar-refractivity contribution in [3.8, 4) is 11.5 Å². The fourth-order valence-electron chi connectivity index (χ4n) is 11.0. The average Bonchev–Trinajstić information content (AvgIpc) is 3.92. The van der Waals surface area contributed by atoms with Gasteiger partial charge in [-0.2, -0.15) is 0 Å². The minimum atomic E-state index is -0.0783. The Hall–Kier alpha value is -2.04. The van der Waals surface area contributed by atoms with Crippen LogP contribution in [0.5, 0.6) is 11.5 Å². The Labute approximate surface area is 358 Å². The van der Waals surface area contributed by atoms with Gasteiger partial charge in [0.15, 0.2) is 0 Å². The molecule has 2 aliphatic heterocycles. The standard InChI is InChI=1S/C54H90O4/c1-47(2,3)33-51(13,14)41-27-37(28-42(52(15,16)34-48(4,5)6)45(41)55-25-23-39-31-57-39)21-22-38-29-43(53(17,18)35-49(7,8)9)46(56-26-24-40-32-58-40)44(30-38)54(19,20)36-50(10,11)12/h27-30,39-40H,21-26,31-36H2,1-20H3. The normalized spacial score (nSPS) is 18.4. The Kier molecular flexibility index (Phi) is 14.6. The van der Waals surface area contributed by atoms with Crippen molar-refractivity contribution in [3.05, 3.63) is 57.6 Å². The minimum absolute atomic E-state index is 0.0783. The van der Waals surface area contributed by atoms with E-state index in [0.717, 1.165) is 76.1 Å². The van der Waals surface area contributed by atoms with Gasteiger partial charge in [-0.05, 0) is 93.0 Å². The Balaban J connectivity index is 1.90. The van der Waals surface area contributed by atoms with E-state index in [2.05, 4.69) is 163 Å². The monoisotopic (exact) mass is 803 g/mol. The molecule has 0 radical (unpaired) electrons. The smallest absolute Gasteiger partial charge is 0.126 e. The summed E-state index contributed by atoms with van der Waals surface area (Å²) in [4.78, 5) is 0. The van der Waals surface area contributed by atoms with Crippen molar-refractivity contribution in [2.24, 2.45) is 21.7 Å². The van der Waals surface area contributed by atoms with Gasteiger partial charge in [-0.25, -0.2) is 0 Å². The number of aryl methyl sites for hydroxylation is 2. The van der Waals surface area contributed by atoms with Crippen LogP contribution in [-0.4, -0.2) is 38.6 Å². The Bertz CT molecular complexity index is 1450. The average molecular weight is 803 g/mol. The van der Waals surface area contributed by atoms with E-state index < -0.39 is 0 Å². The summed E-state index contributed by atoms with van der Waals surface area (Å²) in [6, 6.07) is 10.1. The molecule has 0 saturated carbocycles. The van der Waals surface area contributed by atoms with Gasteiger partial charge < -0.3 is 18.9 Å². The Morgan fingerprint density at radius 2 is 0.638 bits per heavy atom. The van der Waals surface area contributed by atoms with E-state index in [0.29, 0.717) is 25.4 Å². The summed E-state index contributed by atoms with van der Waals surface area (Å²) in [5.74, 6) is 2.23. The van der Waals surface area contributed by atoms with E-state index in [-0.39, 0.29) is 43.3 Å². The summed E-state index contributed by atoms with van der Waals surface area (Å²) in [7, 11) is 0. The molecule has 2 heterocycles. The molecule has 2 atom stereocenters. The Morgan fingerprint density at radius 3 is 0.828 bits per heavy atom. The van der Waals surface area contributed by atoms with Crippen LogP contribution in [0.2, 0.25) is 0 Å². The fourth-order valence-corrected chi connectivity index (χ4v) is 11.0. The number of hydrogen-bond acceptors (Lipinski definition) is 4. The van der Waals surface area contributed by atoms with E-state index in [4.69, 9.17) is 18.9 Å². The van der Waals surface area contributed by atoms with E-state index >= 15 is 0 Å². The summed E-state index contributed by atoms with van der Waals surface area (Å²) >= 11 is 0. The molecule has 0 amide bonds. The molecular formula is C54H90O4. The highest BCUT2D eigenvalue weighted by Gasteiger charge is 2.39. The molecule has 2 aromatic rings. The maximum absolute atomic E-state index is 6.99. The SMILES string of the molecule is CC(C)(C)CC(C)(C)c1cc(CCc2cc(C(C)(C)CC(C)(C)C)c(OCCC3CO3)c(C(C)(C)CC(C)(C)C)c2)cc(C(C)(C)CC(C)(C)C)c1OCCC1CO1. The van der Waals surface area contributed by atoms with Gasteiger partial charge in [0.2, 0.25) is 0 Å². The first-order valence-electron chi connectivity index (χ1n) is 23.0. The molecule has 2 unspecified atom stereocenters. The van der Waals surface area contributed by atoms with E-state index in [1.54, 1.807) is 0 Å². The lowest BCUT2D eigenvalue weighted by atomic mass is 9.67. The third-order valence-corrected chi connectivity index (χ3v) is 12.0. The molecule has 2 aromatic carbocycles. The first-order chi connectivity index (χ1) is 26.2. The van der Waals surface area contributed by atoms with Crippen LogP contribution in [-0.2, 0) is 44.0 Å². The van der Waals surface area contributed by atoms with Gasteiger partial charge >= 0.3 is 0 Å². The molecule has 0 bridgehead atoms. The quantitative estimate of drug-likeness (QED) is 0.133. The lowest BCUT2D eigenvalue weighted by molar-refractivity contribution is 0.240. The zero-order valence-corrected chi connectivity index (χ0v) is 41.6.